The fraction of sp³-hybridized carbons (Fsp3) is 0.481. The van der Waals surface area contributed by atoms with Crippen LogP contribution in [0, 0.1) is 0 Å². The molecule has 0 spiro atoms. The van der Waals surface area contributed by atoms with Crippen LogP contribution >= 0.6 is 0 Å². The van der Waals surface area contributed by atoms with Crippen molar-refractivity contribution in [3.63, 3.8) is 0 Å². The highest BCUT2D eigenvalue weighted by molar-refractivity contribution is 5.99. The zero-order chi connectivity index (χ0) is 23.8. The van der Waals surface area contributed by atoms with Gasteiger partial charge in [0.1, 0.15) is 6.17 Å². The molecule has 2 heterocycles. The van der Waals surface area contributed by atoms with E-state index in [4.69, 9.17) is 4.74 Å². The molecule has 0 radical (unpaired) electrons. The number of nitrogens with zero attached hydrogens (tertiary/aromatic N) is 2. The first-order chi connectivity index (χ1) is 16.7. The third kappa shape index (κ3) is 5.96. The molecule has 2 aromatic carbocycles. The van der Waals surface area contributed by atoms with Crippen LogP contribution in [-0.2, 0) is 4.74 Å². The number of hydrogen-bond acceptors (Lipinski definition) is 5. The van der Waals surface area contributed by atoms with Crippen molar-refractivity contribution in [2.45, 2.75) is 38.8 Å². The molecule has 7 nitrogen and oxygen atoms in total. The molecule has 1 saturated heterocycles. The van der Waals surface area contributed by atoms with Gasteiger partial charge in [-0.1, -0.05) is 24.6 Å². The fourth-order valence-electron chi connectivity index (χ4n) is 4.73. The first kappa shape index (κ1) is 24.2. The van der Waals surface area contributed by atoms with Crippen molar-refractivity contribution in [1.82, 2.24) is 15.1 Å². The van der Waals surface area contributed by atoms with Crippen molar-refractivity contribution < 1.29 is 14.3 Å². The first-order valence-corrected chi connectivity index (χ1v) is 12.5. The van der Waals surface area contributed by atoms with E-state index in [1.807, 2.05) is 60.4 Å². The zero-order valence-electron chi connectivity index (χ0n) is 20.1. The maximum Gasteiger partial charge on any atom is 0.256 e. The number of carbonyl (C=O) groups is 2. The summed E-state index contributed by atoms with van der Waals surface area (Å²) < 4.78 is 5.46. The average molecular weight is 465 g/mol. The van der Waals surface area contributed by atoms with Crippen molar-refractivity contribution in [1.29, 1.82) is 0 Å². The summed E-state index contributed by atoms with van der Waals surface area (Å²) in [6.45, 7) is 7.72. The van der Waals surface area contributed by atoms with Crippen molar-refractivity contribution in [2.24, 2.45) is 0 Å². The zero-order valence-corrected chi connectivity index (χ0v) is 20.1. The lowest BCUT2D eigenvalue weighted by molar-refractivity contribution is 0.0708. The topological polar surface area (TPSA) is 73.9 Å². The highest BCUT2D eigenvalue weighted by atomic mass is 16.5. The van der Waals surface area contributed by atoms with Gasteiger partial charge in [-0.3, -0.25) is 9.59 Å². The van der Waals surface area contributed by atoms with Crippen LogP contribution in [0.5, 0.6) is 0 Å². The van der Waals surface area contributed by atoms with Crippen LogP contribution in [0.25, 0.3) is 0 Å². The van der Waals surface area contributed by atoms with E-state index in [0.717, 1.165) is 42.9 Å². The molecule has 1 fully saturated rings. The molecule has 0 bridgehead atoms. The van der Waals surface area contributed by atoms with Crippen LogP contribution in [0.15, 0.2) is 48.5 Å². The lowest BCUT2D eigenvalue weighted by atomic mass is 10.1. The van der Waals surface area contributed by atoms with Gasteiger partial charge in [0.05, 0.1) is 0 Å². The number of carbonyl (C=O) groups excluding carboxylic acids is 2. The molecule has 0 aromatic heterocycles. The highest BCUT2D eigenvalue weighted by Gasteiger charge is 2.36. The number of piperidine rings is 1. The van der Waals surface area contributed by atoms with E-state index in [0.29, 0.717) is 31.9 Å². The van der Waals surface area contributed by atoms with E-state index < -0.39 is 0 Å². The number of nitrogens with one attached hydrogen (secondary N) is 2. The molecule has 7 heteroatoms. The van der Waals surface area contributed by atoms with Crippen molar-refractivity contribution in [3.05, 3.63) is 65.2 Å². The van der Waals surface area contributed by atoms with Crippen molar-refractivity contribution in [3.8, 4) is 0 Å². The molecular weight excluding hydrogens is 428 g/mol. The number of fused-ring (bicyclic) bond motifs is 1. The summed E-state index contributed by atoms with van der Waals surface area (Å²) in [5, 5.41) is 6.53. The third-order valence-electron chi connectivity index (χ3n) is 6.56. The minimum Gasteiger partial charge on any atom is -0.382 e. The van der Waals surface area contributed by atoms with Gasteiger partial charge in [0, 0.05) is 55.2 Å². The Morgan fingerprint density at radius 1 is 1.03 bits per heavy atom. The van der Waals surface area contributed by atoms with Crippen LogP contribution in [0.4, 0.5) is 5.69 Å². The Bertz CT molecular complexity index is 957. The fourth-order valence-corrected chi connectivity index (χ4v) is 4.73. The largest absolute Gasteiger partial charge is 0.382 e. The molecule has 4 rings (SSSR count). The molecule has 0 aliphatic carbocycles. The van der Waals surface area contributed by atoms with Crippen molar-refractivity contribution in [2.75, 3.05) is 51.3 Å². The van der Waals surface area contributed by atoms with E-state index >= 15 is 0 Å². The number of rotatable bonds is 11. The second-order valence-corrected chi connectivity index (χ2v) is 8.92. The Kier molecular flexibility index (Phi) is 8.55. The monoisotopic (exact) mass is 464 g/mol. The molecule has 2 N–H and O–H groups in total. The summed E-state index contributed by atoms with van der Waals surface area (Å²) in [6, 6.07) is 15.2. The van der Waals surface area contributed by atoms with Crippen molar-refractivity contribution >= 4 is 17.5 Å². The molecule has 34 heavy (non-hydrogen) atoms. The Labute approximate surface area is 202 Å². The number of amides is 2. The van der Waals surface area contributed by atoms with Gasteiger partial charge in [-0.05, 0) is 69.6 Å². The summed E-state index contributed by atoms with van der Waals surface area (Å²) >= 11 is 0. The Hall–Kier alpha value is -2.90. The smallest absolute Gasteiger partial charge is 0.256 e. The Balaban J connectivity index is 1.35. The molecule has 182 valence electrons. The quantitative estimate of drug-likeness (QED) is 0.494. The molecule has 2 amide bonds. The average Bonchev–Trinajstić information content (AvgIpc) is 3.14. The second-order valence-electron chi connectivity index (χ2n) is 8.92. The molecule has 0 saturated carbocycles. The summed E-state index contributed by atoms with van der Waals surface area (Å²) in [5.41, 5.74) is 3.22. The van der Waals surface area contributed by atoms with Crippen LogP contribution in [0.3, 0.4) is 0 Å². The summed E-state index contributed by atoms with van der Waals surface area (Å²) in [4.78, 5) is 29.8. The number of benzene rings is 2. The maximum absolute atomic E-state index is 13.0. The predicted molar refractivity (Wildman–Crippen MR) is 134 cm³/mol. The lowest BCUT2D eigenvalue weighted by Crippen LogP contribution is -2.37. The normalized spacial score (nSPS) is 18.1. The van der Waals surface area contributed by atoms with Gasteiger partial charge in [-0.15, -0.1) is 0 Å². The Morgan fingerprint density at radius 2 is 1.79 bits per heavy atom. The number of ether oxygens (including phenoxy) is 1. The predicted octanol–water partition coefficient (Wildman–Crippen LogP) is 3.90. The van der Waals surface area contributed by atoms with E-state index in [1.165, 1.54) is 19.3 Å². The van der Waals surface area contributed by atoms with Gasteiger partial charge < -0.3 is 25.2 Å². The van der Waals surface area contributed by atoms with Gasteiger partial charge >= 0.3 is 0 Å². The van der Waals surface area contributed by atoms with Gasteiger partial charge in [-0.25, -0.2) is 0 Å². The van der Waals surface area contributed by atoms with E-state index in [2.05, 4.69) is 15.5 Å². The molecule has 1 atom stereocenters. The Morgan fingerprint density at radius 3 is 2.56 bits per heavy atom. The van der Waals surface area contributed by atoms with Crippen LogP contribution in [0.1, 0.15) is 65.1 Å². The SMILES string of the molecule is CCOCCCN1C(=O)c2ccccc2C1Nc1ccc(C(=O)NCCN2CCCCC2)cc1. The van der Waals surface area contributed by atoms with E-state index in [9.17, 15) is 9.59 Å². The highest BCUT2D eigenvalue weighted by Crippen LogP contribution is 2.34. The lowest BCUT2D eigenvalue weighted by Gasteiger charge is -2.27. The number of anilines is 1. The summed E-state index contributed by atoms with van der Waals surface area (Å²) in [5.74, 6) is -0.0169. The number of likely N-dealkylation sites (tertiary alicyclic amines) is 1. The van der Waals surface area contributed by atoms with Gasteiger partial charge in [0.25, 0.3) is 11.8 Å². The van der Waals surface area contributed by atoms with Gasteiger partial charge in [0.2, 0.25) is 0 Å². The summed E-state index contributed by atoms with van der Waals surface area (Å²) in [6.07, 6.45) is 4.36. The minimum absolute atomic E-state index is 0.0364. The maximum atomic E-state index is 13.0. The molecule has 1 unspecified atom stereocenters. The van der Waals surface area contributed by atoms with Crippen LogP contribution in [0.2, 0.25) is 0 Å². The minimum atomic E-state index is -0.241. The van der Waals surface area contributed by atoms with Crippen LogP contribution < -0.4 is 10.6 Å². The standard InChI is InChI=1S/C27H36N4O3/c1-2-34-20-8-18-31-25(23-9-4-5-10-24(23)27(31)33)29-22-13-11-21(12-14-22)26(32)28-15-19-30-16-6-3-7-17-30/h4-5,9-14,25,29H,2-3,6-8,15-20H2,1H3,(H,28,32). The van der Waals surface area contributed by atoms with E-state index in [-0.39, 0.29) is 18.0 Å². The molecule has 2 aliphatic heterocycles. The summed E-state index contributed by atoms with van der Waals surface area (Å²) in [7, 11) is 0. The second kappa shape index (κ2) is 12.0. The molecule has 2 aliphatic rings. The molecule has 2 aromatic rings. The first-order valence-electron chi connectivity index (χ1n) is 12.5. The molecular formula is C27H36N4O3. The van der Waals surface area contributed by atoms with Gasteiger partial charge in [0.15, 0.2) is 0 Å². The number of hydrogen-bond donors (Lipinski definition) is 2. The van der Waals surface area contributed by atoms with Gasteiger partial charge in [-0.2, -0.15) is 0 Å². The van der Waals surface area contributed by atoms with Crippen LogP contribution in [-0.4, -0.2) is 67.6 Å². The third-order valence-corrected chi connectivity index (χ3v) is 6.56. The van der Waals surface area contributed by atoms with E-state index in [1.54, 1.807) is 0 Å².